The highest BCUT2D eigenvalue weighted by Gasteiger charge is 2.37. The van der Waals surface area contributed by atoms with E-state index >= 15 is 0 Å². The third-order valence-electron chi connectivity index (χ3n) is 8.18. The van der Waals surface area contributed by atoms with E-state index in [9.17, 15) is 41.2 Å². The molecule has 1 atom stereocenters. The van der Waals surface area contributed by atoms with Crippen molar-refractivity contribution in [1.82, 2.24) is 24.4 Å². The van der Waals surface area contributed by atoms with Gasteiger partial charge in [-0.05, 0) is 62.2 Å². The second-order valence-electron chi connectivity index (χ2n) is 11.6. The number of nitrogens with one attached hydrogen (secondary N) is 1. The lowest BCUT2D eigenvalue weighted by atomic mass is 9.99. The van der Waals surface area contributed by atoms with E-state index < -0.39 is 52.3 Å². The molecule has 1 unspecified atom stereocenters. The lowest BCUT2D eigenvalue weighted by Gasteiger charge is -2.27. The van der Waals surface area contributed by atoms with Crippen molar-refractivity contribution in [2.75, 3.05) is 19.8 Å². The summed E-state index contributed by atoms with van der Waals surface area (Å²) in [4.78, 5) is 43.4. The van der Waals surface area contributed by atoms with Crippen LogP contribution in [0.1, 0.15) is 44.8 Å². The fourth-order valence-corrected chi connectivity index (χ4v) is 6.60. The van der Waals surface area contributed by atoms with Crippen LogP contribution in [0.4, 0.5) is 13.2 Å². The number of sulfonamides is 1. The van der Waals surface area contributed by atoms with Gasteiger partial charge < -0.3 is 10.0 Å². The minimum absolute atomic E-state index is 0.0647. The minimum atomic E-state index is -4.72. The van der Waals surface area contributed by atoms with E-state index in [-0.39, 0.29) is 51.9 Å². The van der Waals surface area contributed by atoms with Gasteiger partial charge in [0.1, 0.15) is 0 Å². The molecule has 4 aromatic rings. The average Bonchev–Trinajstić information content (AvgIpc) is 3.65. The molecule has 0 radical (unpaired) electrons. The average molecular weight is 712 g/mol. The number of aromatic nitrogens is 2. The summed E-state index contributed by atoms with van der Waals surface area (Å²) in [6, 6.07) is 18.7. The fraction of sp³-hybridized carbons (Fsp3) is 0.250. The Morgan fingerprint density at radius 3 is 2.30 bits per heavy atom. The van der Waals surface area contributed by atoms with Crippen LogP contribution >= 0.6 is 0 Å². The molecule has 1 saturated heterocycles. The molecule has 3 aromatic carbocycles. The lowest BCUT2D eigenvalue weighted by molar-refractivity contribution is -0.713. The smallest absolute Gasteiger partial charge is 0.435 e. The quantitative estimate of drug-likeness (QED) is 0.114. The molecule has 14 nitrogen and oxygen atoms in total. The van der Waals surface area contributed by atoms with Crippen LogP contribution in [0.25, 0.3) is 16.9 Å². The molecule has 3 heterocycles. The molecule has 1 fully saturated rings. The van der Waals surface area contributed by atoms with E-state index in [1.807, 2.05) is 11.6 Å². The number of alkyl halides is 3. The van der Waals surface area contributed by atoms with Crippen molar-refractivity contribution in [1.29, 1.82) is 0 Å². The Morgan fingerprint density at radius 1 is 1.04 bits per heavy atom. The molecule has 0 bridgehead atoms. The summed E-state index contributed by atoms with van der Waals surface area (Å²) >= 11 is 0. The second kappa shape index (κ2) is 13.3. The maximum atomic E-state index is 13.6. The molecular formula is C32H28F3N7O7S. The number of piperidine rings is 1. The molecule has 260 valence electrons. The Hall–Kier alpha value is -5.78. The van der Waals surface area contributed by atoms with E-state index in [0.29, 0.717) is 12.0 Å². The number of hydrogen-bond acceptors (Lipinski definition) is 9. The van der Waals surface area contributed by atoms with Gasteiger partial charge in [0.05, 0.1) is 51.4 Å². The lowest BCUT2D eigenvalue weighted by Crippen LogP contribution is -2.46. The van der Waals surface area contributed by atoms with Gasteiger partial charge in [-0.25, -0.2) is 22.7 Å². The molecule has 0 spiro atoms. The van der Waals surface area contributed by atoms with E-state index in [1.54, 1.807) is 36.4 Å². The largest absolute Gasteiger partial charge is 0.569 e. The monoisotopic (exact) mass is 711 g/mol. The summed E-state index contributed by atoms with van der Waals surface area (Å²) in [6.45, 7) is 1.15. The Bertz CT molecular complexity index is 2070. The molecule has 18 heteroatoms. The minimum Gasteiger partial charge on any atom is -0.569 e. The summed E-state index contributed by atoms with van der Waals surface area (Å²) in [5, 5.41) is 20.8. The van der Waals surface area contributed by atoms with E-state index in [4.69, 9.17) is 4.84 Å². The number of fused-ring (bicyclic) bond motifs is 1. The van der Waals surface area contributed by atoms with E-state index in [1.165, 1.54) is 24.3 Å². The number of imide groups is 1. The normalized spacial score (nSPS) is 16.8. The van der Waals surface area contributed by atoms with Gasteiger partial charge in [0.2, 0.25) is 17.9 Å². The van der Waals surface area contributed by atoms with Crippen LogP contribution in [0.15, 0.2) is 89.0 Å². The highest BCUT2D eigenvalue weighted by molar-refractivity contribution is 7.90. The number of hydrogen-bond donors (Lipinski definition) is 1. The number of aryl methyl sites for hydroxylation is 1. The zero-order valence-corrected chi connectivity index (χ0v) is 27.0. The number of amides is 3. The van der Waals surface area contributed by atoms with Crippen LogP contribution in [0.3, 0.4) is 0 Å². The van der Waals surface area contributed by atoms with Crippen LogP contribution in [0, 0.1) is 18.0 Å². The van der Waals surface area contributed by atoms with Gasteiger partial charge in [-0.2, -0.15) is 18.3 Å². The van der Waals surface area contributed by atoms with Crippen molar-refractivity contribution < 1.29 is 45.8 Å². The van der Waals surface area contributed by atoms with Crippen molar-refractivity contribution in [3.05, 3.63) is 106 Å². The molecule has 0 saturated carbocycles. The zero-order chi connectivity index (χ0) is 35.8. The van der Waals surface area contributed by atoms with Crippen molar-refractivity contribution in [2.24, 2.45) is 11.2 Å². The van der Waals surface area contributed by atoms with Gasteiger partial charge in [-0.3, -0.25) is 14.4 Å². The summed E-state index contributed by atoms with van der Waals surface area (Å²) in [7, 11) is -4.42. The van der Waals surface area contributed by atoms with E-state index in [0.717, 1.165) is 38.4 Å². The van der Waals surface area contributed by atoms with Crippen LogP contribution in [-0.4, -0.2) is 70.6 Å². The molecule has 3 amide bonds. The van der Waals surface area contributed by atoms with Crippen molar-refractivity contribution in [2.45, 2.75) is 30.8 Å². The Kier molecular flexibility index (Phi) is 9.04. The molecule has 1 N–H and O–H groups in total. The Labute approximate surface area is 282 Å². The zero-order valence-electron chi connectivity index (χ0n) is 26.2. The molecule has 1 aromatic heterocycles. The topological polar surface area (TPSA) is 169 Å². The molecule has 6 rings (SSSR count). The van der Waals surface area contributed by atoms with Gasteiger partial charge >= 0.3 is 6.18 Å². The van der Waals surface area contributed by atoms with Crippen LogP contribution in [0.2, 0.25) is 0 Å². The van der Waals surface area contributed by atoms with Crippen molar-refractivity contribution in [3.63, 3.8) is 0 Å². The van der Waals surface area contributed by atoms with Gasteiger partial charge in [-0.15, -0.1) is 5.01 Å². The SMILES string of the molecule is Cc1ccc(-c2cc(C(F)(F)F)nn2-c2ccc(S(=O)(=O)NC(=O)C3CCCN(/[N+]([O-])=N/OCN4C(=O)c5ccccc5C4=O)C3)cc2)cc1. The third kappa shape index (κ3) is 6.87. The number of rotatable bonds is 9. The summed E-state index contributed by atoms with van der Waals surface area (Å²) < 4.78 is 70.0. The van der Waals surface area contributed by atoms with Gasteiger partial charge in [0.25, 0.3) is 21.8 Å². The van der Waals surface area contributed by atoms with Crippen LogP contribution in [0.5, 0.6) is 0 Å². The third-order valence-corrected chi connectivity index (χ3v) is 9.54. The predicted molar refractivity (Wildman–Crippen MR) is 167 cm³/mol. The van der Waals surface area contributed by atoms with Gasteiger partial charge in [-0.1, -0.05) is 42.0 Å². The Balaban J connectivity index is 1.10. The van der Waals surface area contributed by atoms with E-state index in [2.05, 4.69) is 10.4 Å². The first-order valence-corrected chi connectivity index (χ1v) is 16.6. The summed E-state index contributed by atoms with van der Waals surface area (Å²) in [5.41, 5.74) is 0.909. The first-order chi connectivity index (χ1) is 23.7. The van der Waals surface area contributed by atoms with Crippen LogP contribution < -0.4 is 4.72 Å². The fourth-order valence-electron chi connectivity index (χ4n) is 5.56. The van der Waals surface area contributed by atoms with Crippen molar-refractivity contribution in [3.8, 4) is 16.9 Å². The van der Waals surface area contributed by atoms with Gasteiger partial charge in [0, 0.05) is 5.56 Å². The molecule has 50 heavy (non-hydrogen) atoms. The highest BCUT2D eigenvalue weighted by atomic mass is 32.2. The highest BCUT2D eigenvalue weighted by Crippen LogP contribution is 2.33. The first kappa shape index (κ1) is 34.1. The molecule has 2 aliphatic rings. The van der Waals surface area contributed by atoms with Crippen molar-refractivity contribution >= 4 is 27.7 Å². The number of carbonyl (C=O) groups excluding carboxylic acids is 3. The number of halogens is 3. The summed E-state index contributed by atoms with van der Waals surface area (Å²) in [6.07, 6.45) is -4.14. The Morgan fingerprint density at radius 2 is 1.68 bits per heavy atom. The predicted octanol–water partition coefficient (Wildman–Crippen LogP) is 4.45. The number of nitrogens with zero attached hydrogens (tertiary/aromatic N) is 6. The number of carbonyl (C=O) groups is 3. The standard InChI is InChI=1S/C32H28F3N7O7S/c1-20-8-10-21(11-9-20)27-17-28(32(33,34)35)36-41(27)23-12-14-24(15-13-23)50(47,48)37-29(43)22-5-4-16-39(18-22)42(46)38-49-19-40-30(44)25-6-2-3-7-26(25)31(40)45/h2-3,6-15,17,22H,4-5,16,18-19H2,1H3,(H,37,43)/b42-38-. The molecule has 2 aliphatic heterocycles. The maximum Gasteiger partial charge on any atom is 0.435 e. The van der Waals surface area contributed by atoms with Gasteiger partial charge in [0.15, 0.2) is 5.69 Å². The van der Waals surface area contributed by atoms with Crippen LogP contribution in [-0.2, 0) is 25.8 Å². The number of benzene rings is 3. The molecule has 0 aliphatic carbocycles. The molecular weight excluding hydrogens is 683 g/mol. The number of hydrazine groups is 1. The second-order valence-corrected chi connectivity index (χ2v) is 13.3. The maximum absolute atomic E-state index is 13.6. The first-order valence-electron chi connectivity index (χ1n) is 15.1. The summed E-state index contributed by atoms with van der Waals surface area (Å²) in [5.74, 6) is -3.04.